The third kappa shape index (κ3) is 7.27. The Morgan fingerprint density at radius 1 is 1.00 bits per heavy atom. The maximum Gasteiger partial charge on any atom is 0.270 e. The van der Waals surface area contributed by atoms with Gasteiger partial charge in [-0.3, -0.25) is 20.3 Å². The Labute approximate surface area is 195 Å². The highest BCUT2D eigenvalue weighted by Gasteiger charge is 2.09. The molecule has 0 unspecified atom stereocenters. The lowest BCUT2D eigenvalue weighted by molar-refractivity contribution is -0.114. The molecular formula is C23H22N4O5S. The number of nitrogens with one attached hydrogen (secondary N) is 3. The molecule has 9 nitrogen and oxygen atoms in total. The Bertz CT molecular complexity index is 1120. The van der Waals surface area contributed by atoms with Gasteiger partial charge in [0.15, 0.2) is 0 Å². The molecule has 1 heterocycles. The number of carbonyl (C=O) groups excluding carboxylic acids is 2. The quantitative estimate of drug-likeness (QED) is 0.215. The lowest BCUT2D eigenvalue weighted by Gasteiger charge is -2.10. The standard InChI is InChI=1S/C23H22N4O5S/c1-15(28)25-17-7-11-19(12-8-17)32-21-4-2-3-20(26-21)22(29)24-13-14-31-18-9-5-16(6-10-18)23(33)27-30/h2-12,30H,13-14H2,1H3,(H,24,29)(H,25,28)(H,27,33). The Morgan fingerprint density at radius 2 is 1.70 bits per heavy atom. The second-order valence-corrected chi connectivity index (χ2v) is 7.15. The van der Waals surface area contributed by atoms with Gasteiger partial charge in [-0.05, 0) is 54.6 Å². The van der Waals surface area contributed by atoms with Gasteiger partial charge in [-0.15, -0.1) is 0 Å². The van der Waals surface area contributed by atoms with Crippen LogP contribution in [0, 0.1) is 0 Å². The van der Waals surface area contributed by atoms with Crippen LogP contribution in [0.4, 0.5) is 5.69 Å². The second-order valence-electron chi connectivity index (χ2n) is 6.74. The van der Waals surface area contributed by atoms with Gasteiger partial charge in [-0.1, -0.05) is 18.3 Å². The molecule has 2 aromatic carbocycles. The molecule has 0 spiro atoms. The molecule has 0 saturated heterocycles. The number of nitrogens with zero attached hydrogens (tertiary/aromatic N) is 1. The number of carbonyl (C=O) groups is 2. The average Bonchev–Trinajstić information content (AvgIpc) is 2.82. The Kier molecular flexibility index (Phi) is 8.28. The zero-order chi connectivity index (χ0) is 23.6. The summed E-state index contributed by atoms with van der Waals surface area (Å²) in [5.41, 5.74) is 3.44. The Hall–Kier alpha value is -4.02. The van der Waals surface area contributed by atoms with Crippen molar-refractivity contribution >= 4 is 34.7 Å². The molecule has 2 amide bonds. The Balaban J connectivity index is 1.48. The van der Waals surface area contributed by atoms with Gasteiger partial charge >= 0.3 is 0 Å². The van der Waals surface area contributed by atoms with Crippen molar-refractivity contribution in [3.8, 4) is 17.4 Å². The van der Waals surface area contributed by atoms with Crippen molar-refractivity contribution in [3.05, 3.63) is 78.0 Å². The summed E-state index contributed by atoms with van der Waals surface area (Å²) in [7, 11) is 0. The molecule has 0 aliphatic carbocycles. The van der Waals surface area contributed by atoms with Gasteiger partial charge in [-0.25, -0.2) is 4.98 Å². The van der Waals surface area contributed by atoms with Crippen LogP contribution in [0.25, 0.3) is 0 Å². The molecule has 0 atom stereocenters. The normalized spacial score (nSPS) is 10.1. The summed E-state index contributed by atoms with van der Waals surface area (Å²) in [4.78, 5) is 27.9. The molecule has 3 rings (SSSR count). The van der Waals surface area contributed by atoms with E-state index in [0.717, 1.165) is 0 Å². The third-order valence-electron chi connectivity index (χ3n) is 4.23. The second kappa shape index (κ2) is 11.6. The maximum absolute atomic E-state index is 12.4. The fourth-order valence-electron chi connectivity index (χ4n) is 2.72. The van der Waals surface area contributed by atoms with E-state index >= 15 is 0 Å². The molecule has 0 aliphatic rings. The van der Waals surface area contributed by atoms with Crippen molar-refractivity contribution in [1.82, 2.24) is 15.8 Å². The van der Waals surface area contributed by atoms with Crippen LogP contribution >= 0.6 is 12.2 Å². The molecule has 33 heavy (non-hydrogen) atoms. The molecule has 0 aliphatic heterocycles. The van der Waals surface area contributed by atoms with Crippen molar-refractivity contribution in [3.63, 3.8) is 0 Å². The highest BCUT2D eigenvalue weighted by Crippen LogP contribution is 2.21. The van der Waals surface area contributed by atoms with E-state index in [2.05, 4.69) is 15.6 Å². The SMILES string of the molecule is CC(=O)Nc1ccc(Oc2cccc(C(=O)NCCOc3ccc(C(=S)NO)cc3)n2)cc1. The van der Waals surface area contributed by atoms with E-state index in [1.165, 1.54) is 6.92 Å². The van der Waals surface area contributed by atoms with Crippen LogP contribution < -0.4 is 25.6 Å². The molecule has 0 saturated carbocycles. The number of benzene rings is 2. The lowest BCUT2D eigenvalue weighted by atomic mass is 10.2. The van der Waals surface area contributed by atoms with Crippen LogP contribution in [0.15, 0.2) is 66.7 Å². The number of rotatable bonds is 9. The summed E-state index contributed by atoms with van der Waals surface area (Å²) in [6, 6.07) is 18.5. The molecule has 1 aromatic heterocycles. The third-order valence-corrected chi connectivity index (χ3v) is 4.55. The van der Waals surface area contributed by atoms with Crippen LogP contribution in [-0.2, 0) is 4.79 Å². The van der Waals surface area contributed by atoms with Crippen molar-refractivity contribution in [2.24, 2.45) is 0 Å². The minimum Gasteiger partial charge on any atom is -0.492 e. The number of aromatic nitrogens is 1. The van der Waals surface area contributed by atoms with E-state index in [4.69, 9.17) is 26.9 Å². The van der Waals surface area contributed by atoms with Crippen molar-refractivity contribution < 1.29 is 24.3 Å². The molecule has 0 bridgehead atoms. The molecule has 0 radical (unpaired) electrons. The van der Waals surface area contributed by atoms with Crippen molar-refractivity contribution in [2.75, 3.05) is 18.5 Å². The minimum absolute atomic E-state index is 0.160. The number of anilines is 1. The topological polar surface area (TPSA) is 122 Å². The van der Waals surface area contributed by atoms with Crippen molar-refractivity contribution in [2.45, 2.75) is 6.92 Å². The zero-order valence-corrected chi connectivity index (χ0v) is 18.5. The van der Waals surface area contributed by atoms with Gasteiger partial charge in [0.1, 0.15) is 28.8 Å². The summed E-state index contributed by atoms with van der Waals surface area (Å²) in [5.74, 6) is 0.866. The fourth-order valence-corrected chi connectivity index (χ4v) is 2.86. The number of hydrogen-bond acceptors (Lipinski definition) is 7. The van der Waals surface area contributed by atoms with Crippen molar-refractivity contribution in [1.29, 1.82) is 0 Å². The summed E-state index contributed by atoms with van der Waals surface area (Å²) in [5, 5.41) is 14.2. The van der Waals surface area contributed by atoms with E-state index < -0.39 is 0 Å². The van der Waals surface area contributed by atoms with E-state index in [0.29, 0.717) is 22.7 Å². The van der Waals surface area contributed by atoms with E-state index in [9.17, 15) is 9.59 Å². The van der Waals surface area contributed by atoms with Gasteiger partial charge in [0.05, 0.1) is 6.54 Å². The highest BCUT2D eigenvalue weighted by atomic mass is 32.1. The summed E-state index contributed by atoms with van der Waals surface area (Å²) in [6.07, 6.45) is 0. The first-order valence-corrected chi connectivity index (χ1v) is 10.3. The first-order valence-electron chi connectivity index (χ1n) is 9.92. The van der Waals surface area contributed by atoms with Gasteiger partial charge < -0.3 is 20.1 Å². The summed E-state index contributed by atoms with van der Waals surface area (Å²) in [6.45, 7) is 1.96. The average molecular weight is 467 g/mol. The number of amides is 2. The first kappa shape index (κ1) is 23.6. The van der Waals surface area contributed by atoms with E-state index in [1.807, 2.05) is 5.48 Å². The number of ether oxygens (including phenoxy) is 2. The van der Waals surface area contributed by atoms with E-state index in [-0.39, 0.29) is 41.5 Å². The predicted molar refractivity (Wildman–Crippen MR) is 126 cm³/mol. The molecule has 10 heteroatoms. The van der Waals surface area contributed by atoms with Crippen LogP contribution in [0.1, 0.15) is 23.0 Å². The van der Waals surface area contributed by atoms with Crippen LogP contribution in [0.3, 0.4) is 0 Å². The minimum atomic E-state index is -0.361. The predicted octanol–water partition coefficient (Wildman–Crippen LogP) is 3.30. The van der Waals surface area contributed by atoms with Gasteiger partial charge in [-0.2, -0.15) is 0 Å². The van der Waals surface area contributed by atoms with Crippen LogP contribution in [0.5, 0.6) is 17.4 Å². The first-order chi connectivity index (χ1) is 15.9. The summed E-state index contributed by atoms with van der Waals surface area (Å²) >= 11 is 4.93. The molecule has 0 fully saturated rings. The van der Waals surface area contributed by atoms with E-state index in [1.54, 1.807) is 66.7 Å². The number of pyridine rings is 1. The maximum atomic E-state index is 12.4. The zero-order valence-electron chi connectivity index (χ0n) is 17.7. The monoisotopic (exact) mass is 466 g/mol. The Morgan fingerprint density at radius 3 is 2.36 bits per heavy atom. The largest absolute Gasteiger partial charge is 0.492 e. The highest BCUT2D eigenvalue weighted by molar-refractivity contribution is 7.80. The fraction of sp³-hybridized carbons (Fsp3) is 0.130. The van der Waals surface area contributed by atoms with Gasteiger partial charge in [0.2, 0.25) is 11.8 Å². The summed E-state index contributed by atoms with van der Waals surface area (Å²) < 4.78 is 11.3. The lowest BCUT2D eigenvalue weighted by Crippen LogP contribution is -2.28. The molecular weight excluding hydrogens is 444 g/mol. The smallest absolute Gasteiger partial charge is 0.270 e. The molecule has 4 N–H and O–H groups in total. The number of thiocarbonyl (C=S) groups is 1. The molecule has 170 valence electrons. The van der Waals surface area contributed by atoms with Crippen LogP contribution in [0.2, 0.25) is 0 Å². The van der Waals surface area contributed by atoms with Gasteiger partial charge in [0, 0.05) is 24.2 Å². The number of hydroxylamine groups is 1. The van der Waals surface area contributed by atoms with Gasteiger partial charge in [0.25, 0.3) is 5.91 Å². The van der Waals surface area contributed by atoms with Crippen LogP contribution in [-0.4, -0.2) is 40.1 Å². The molecule has 3 aromatic rings. The number of hydrogen-bond donors (Lipinski definition) is 4.